The van der Waals surface area contributed by atoms with E-state index in [1.54, 1.807) is 0 Å². The predicted molar refractivity (Wildman–Crippen MR) is 87.7 cm³/mol. The molecule has 4 heteroatoms. The second-order valence-electron chi connectivity index (χ2n) is 7.05. The lowest BCUT2D eigenvalue weighted by Gasteiger charge is -2.28. The van der Waals surface area contributed by atoms with Gasteiger partial charge >= 0.3 is 0 Å². The van der Waals surface area contributed by atoms with Crippen LogP contribution >= 0.6 is 0 Å². The van der Waals surface area contributed by atoms with E-state index in [9.17, 15) is 9.59 Å². The zero-order valence-corrected chi connectivity index (χ0v) is 14.1. The molecule has 0 aliphatic carbocycles. The van der Waals surface area contributed by atoms with Crippen molar-refractivity contribution in [2.75, 3.05) is 26.2 Å². The molecule has 0 bridgehead atoms. The smallest absolute Gasteiger partial charge is 0.253 e. The molecule has 0 radical (unpaired) electrons. The average Bonchev–Trinajstić information content (AvgIpc) is 2.71. The van der Waals surface area contributed by atoms with Crippen LogP contribution < -0.4 is 0 Å². The SMILES string of the molecule is Cc1ccc(C(=O)N2CCCN(C(=O)C(C)(C)C)CC2)cc1. The molecular formula is C18H26N2O2. The normalized spacial score (nSPS) is 16.4. The van der Waals surface area contributed by atoms with Gasteiger partial charge in [0.2, 0.25) is 5.91 Å². The largest absolute Gasteiger partial charge is 0.340 e. The van der Waals surface area contributed by atoms with Crippen LogP contribution in [0.2, 0.25) is 0 Å². The van der Waals surface area contributed by atoms with Gasteiger partial charge in [-0.2, -0.15) is 0 Å². The Kier molecular flexibility index (Phi) is 4.89. The summed E-state index contributed by atoms with van der Waals surface area (Å²) < 4.78 is 0. The van der Waals surface area contributed by atoms with Gasteiger partial charge in [0.05, 0.1) is 0 Å². The van der Waals surface area contributed by atoms with E-state index in [2.05, 4.69) is 0 Å². The molecule has 120 valence electrons. The van der Waals surface area contributed by atoms with Crippen LogP contribution in [0.3, 0.4) is 0 Å². The van der Waals surface area contributed by atoms with Crippen molar-refractivity contribution in [1.29, 1.82) is 0 Å². The first-order valence-corrected chi connectivity index (χ1v) is 7.94. The van der Waals surface area contributed by atoms with Crippen LogP contribution in [0.5, 0.6) is 0 Å². The van der Waals surface area contributed by atoms with Crippen LogP contribution in [0.1, 0.15) is 43.1 Å². The third-order valence-corrected chi connectivity index (χ3v) is 4.01. The molecule has 1 aliphatic rings. The second kappa shape index (κ2) is 6.51. The second-order valence-corrected chi connectivity index (χ2v) is 7.05. The van der Waals surface area contributed by atoms with Crippen molar-refractivity contribution >= 4 is 11.8 Å². The number of hydrogen-bond donors (Lipinski definition) is 0. The van der Waals surface area contributed by atoms with Gasteiger partial charge in [-0.15, -0.1) is 0 Å². The quantitative estimate of drug-likeness (QED) is 0.800. The first kappa shape index (κ1) is 16.5. The van der Waals surface area contributed by atoms with Crippen LogP contribution in [-0.4, -0.2) is 47.8 Å². The maximum absolute atomic E-state index is 12.6. The lowest BCUT2D eigenvalue weighted by atomic mass is 9.94. The van der Waals surface area contributed by atoms with Crippen molar-refractivity contribution in [3.63, 3.8) is 0 Å². The Labute approximate surface area is 133 Å². The van der Waals surface area contributed by atoms with E-state index in [0.29, 0.717) is 19.6 Å². The van der Waals surface area contributed by atoms with E-state index in [0.717, 1.165) is 24.1 Å². The standard InChI is InChI=1S/C18H26N2O2/c1-14-6-8-15(9-7-14)16(21)19-10-5-11-20(13-12-19)17(22)18(2,3)4/h6-9H,5,10-13H2,1-4H3. The molecule has 2 amide bonds. The molecule has 1 heterocycles. The van der Waals surface area contributed by atoms with Gasteiger partial charge in [-0.25, -0.2) is 0 Å². The third-order valence-electron chi connectivity index (χ3n) is 4.01. The van der Waals surface area contributed by atoms with Gasteiger partial charge in [0.15, 0.2) is 0 Å². The Bertz CT molecular complexity index is 543. The van der Waals surface area contributed by atoms with E-state index in [-0.39, 0.29) is 17.2 Å². The Balaban J connectivity index is 2.02. The number of nitrogens with zero attached hydrogens (tertiary/aromatic N) is 2. The molecule has 1 aliphatic heterocycles. The molecule has 22 heavy (non-hydrogen) atoms. The summed E-state index contributed by atoms with van der Waals surface area (Å²) in [5.41, 5.74) is 1.51. The lowest BCUT2D eigenvalue weighted by molar-refractivity contribution is -0.139. The first-order valence-electron chi connectivity index (χ1n) is 7.94. The minimum absolute atomic E-state index is 0.0602. The van der Waals surface area contributed by atoms with Crippen molar-refractivity contribution in [2.45, 2.75) is 34.1 Å². The number of amides is 2. The molecule has 0 aromatic heterocycles. The number of carbonyl (C=O) groups excluding carboxylic acids is 2. The topological polar surface area (TPSA) is 40.6 Å². The zero-order valence-electron chi connectivity index (χ0n) is 14.1. The summed E-state index contributed by atoms with van der Waals surface area (Å²) in [6.07, 6.45) is 0.833. The van der Waals surface area contributed by atoms with Crippen molar-refractivity contribution < 1.29 is 9.59 Å². The molecule has 0 atom stereocenters. The molecule has 0 N–H and O–H groups in total. The van der Waals surface area contributed by atoms with Gasteiger partial charge in [0.25, 0.3) is 5.91 Å². The molecule has 2 rings (SSSR count). The Morgan fingerprint density at radius 3 is 2.05 bits per heavy atom. The molecule has 1 aromatic carbocycles. The third kappa shape index (κ3) is 3.87. The summed E-state index contributed by atoms with van der Waals surface area (Å²) in [5.74, 6) is 0.224. The number of carbonyl (C=O) groups is 2. The number of hydrogen-bond acceptors (Lipinski definition) is 2. The molecular weight excluding hydrogens is 276 g/mol. The fraction of sp³-hybridized carbons (Fsp3) is 0.556. The number of rotatable bonds is 1. The van der Waals surface area contributed by atoms with Gasteiger partial charge in [-0.1, -0.05) is 38.5 Å². The Hall–Kier alpha value is -1.84. The highest BCUT2D eigenvalue weighted by Crippen LogP contribution is 2.19. The fourth-order valence-electron chi connectivity index (χ4n) is 2.68. The van der Waals surface area contributed by atoms with Crippen molar-refractivity contribution in [2.24, 2.45) is 5.41 Å². The zero-order chi connectivity index (χ0) is 16.3. The van der Waals surface area contributed by atoms with E-state index >= 15 is 0 Å². The van der Waals surface area contributed by atoms with Crippen molar-refractivity contribution in [3.05, 3.63) is 35.4 Å². The summed E-state index contributed by atoms with van der Waals surface area (Å²) in [7, 11) is 0. The van der Waals surface area contributed by atoms with Gasteiger partial charge in [0, 0.05) is 37.2 Å². The van der Waals surface area contributed by atoms with E-state index in [4.69, 9.17) is 0 Å². The van der Waals surface area contributed by atoms with Gasteiger partial charge in [-0.05, 0) is 25.5 Å². The molecule has 1 saturated heterocycles. The minimum atomic E-state index is -0.365. The van der Waals surface area contributed by atoms with Crippen LogP contribution in [0.4, 0.5) is 0 Å². The van der Waals surface area contributed by atoms with Crippen molar-refractivity contribution in [1.82, 2.24) is 9.80 Å². The van der Waals surface area contributed by atoms with Gasteiger partial charge in [0.1, 0.15) is 0 Å². The molecule has 1 aromatic rings. The maximum atomic E-state index is 12.6. The monoisotopic (exact) mass is 302 g/mol. The van der Waals surface area contributed by atoms with Gasteiger partial charge < -0.3 is 9.80 Å². The average molecular weight is 302 g/mol. The molecule has 4 nitrogen and oxygen atoms in total. The van der Waals surface area contributed by atoms with E-state index in [1.807, 2.05) is 61.8 Å². The van der Waals surface area contributed by atoms with Crippen LogP contribution in [0.15, 0.2) is 24.3 Å². The molecule has 1 fully saturated rings. The summed E-state index contributed by atoms with van der Waals surface area (Å²) >= 11 is 0. The van der Waals surface area contributed by atoms with E-state index < -0.39 is 0 Å². The van der Waals surface area contributed by atoms with Crippen molar-refractivity contribution in [3.8, 4) is 0 Å². The summed E-state index contributed by atoms with van der Waals surface area (Å²) in [6, 6.07) is 7.67. The fourth-order valence-corrected chi connectivity index (χ4v) is 2.68. The molecule has 0 spiro atoms. The maximum Gasteiger partial charge on any atom is 0.253 e. The Morgan fingerprint density at radius 2 is 1.45 bits per heavy atom. The summed E-state index contributed by atoms with van der Waals surface area (Å²) in [4.78, 5) is 28.7. The number of aryl methyl sites for hydroxylation is 1. The summed E-state index contributed by atoms with van der Waals surface area (Å²) in [6.45, 7) is 10.5. The summed E-state index contributed by atoms with van der Waals surface area (Å²) in [5, 5.41) is 0. The van der Waals surface area contributed by atoms with E-state index in [1.165, 1.54) is 0 Å². The van der Waals surface area contributed by atoms with Crippen LogP contribution in [0, 0.1) is 12.3 Å². The van der Waals surface area contributed by atoms with Crippen LogP contribution in [0.25, 0.3) is 0 Å². The van der Waals surface area contributed by atoms with Crippen LogP contribution in [-0.2, 0) is 4.79 Å². The minimum Gasteiger partial charge on any atom is -0.340 e. The molecule has 0 unspecified atom stereocenters. The molecule has 0 saturated carbocycles. The predicted octanol–water partition coefficient (Wildman–Crippen LogP) is 2.72. The Morgan fingerprint density at radius 1 is 0.909 bits per heavy atom. The van der Waals surface area contributed by atoms with Gasteiger partial charge in [-0.3, -0.25) is 9.59 Å². The highest BCUT2D eigenvalue weighted by Gasteiger charge is 2.29. The first-order chi connectivity index (χ1) is 10.3. The highest BCUT2D eigenvalue weighted by molar-refractivity contribution is 5.94. The lowest BCUT2D eigenvalue weighted by Crippen LogP contribution is -2.42. The number of benzene rings is 1. The highest BCUT2D eigenvalue weighted by atomic mass is 16.2.